The smallest absolute Gasteiger partial charge is 0.329 e. The van der Waals surface area contributed by atoms with E-state index in [-0.39, 0.29) is 12.7 Å². The zero-order valence-corrected chi connectivity index (χ0v) is 7.45. The number of carboxylic acid groups (broad SMARTS) is 1. The number of hydrogen-bond acceptors (Lipinski definition) is 2. The lowest BCUT2D eigenvalue weighted by Crippen LogP contribution is -2.27. The third-order valence-corrected chi connectivity index (χ3v) is 2.45. The van der Waals surface area contributed by atoms with E-state index in [2.05, 4.69) is 6.92 Å². The van der Waals surface area contributed by atoms with Crippen molar-refractivity contribution in [3.63, 3.8) is 0 Å². The first kappa shape index (κ1) is 9.52. The van der Waals surface area contributed by atoms with Gasteiger partial charge in [0.25, 0.3) is 0 Å². The molecule has 1 saturated carbocycles. The Morgan fingerprint density at radius 1 is 1.50 bits per heavy atom. The number of hydrogen-bond donors (Lipinski definition) is 1. The zero-order valence-electron chi connectivity index (χ0n) is 7.45. The maximum absolute atomic E-state index is 10.2. The second-order valence-electron chi connectivity index (χ2n) is 3.50. The highest BCUT2D eigenvalue weighted by Gasteiger charge is 2.22. The van der Waals surface area contributed by atoms with Gasteiger partial charge in [-0.1, -0.05) is 19.8 Å². The van der Waals surface area contributed by atoms with Crippen LogP contribution in [0.25, 0.3) is 0 Å². The van der Waals surface area contributed by atoms with Gasteiger partial charge in [0.1, 0.15) is 6.61 Å². The molecule has 0 bridgehead atoms. The molecule has 0 radical (unpaired) electrons. The summed E-state index contributed by atoms with van der Waals surface area (Å²) >= 11 is 0. The van der Waals surface area contributed by atoms with E-state index in [0.29, 0.717) is 5.92 Å². The first-order valence-electron chi connectivity index (χ1n) is 4.53. The molecule has 3 heteroatoms. The summed E-state index contributed by atoms with van der Waals surface area (Å²) in [6, 6.07) is 0. The van der Waals surface area contributed by atoms with Crippen LogP contribution in [-0.2, 0) is 9.53 Å². The molecule has 0 amide bonds. The van der Waals surface area contributed by atoms with Gasteiger partial charge in [0, 0.05) is 0 Å². The molecule has 0 aromatic rings. The first-order valence-corrected chi connectivity index (χ1v) is 4.53. The fraction of sp³-hybridized carbons (Fsp3) is 0.889. The van der Waals surface area contributed by atoms with Gasteiger partial charge in [0.2, 0.25) is 0 Å². The summed E-state index contributed by atoms with van der Waals surface area (Å²) in [5, 5.41) is 8.41. The molecule has 1 aliphatic rings. The summed E-state index contributed by atoms with van der Waals surface area (Å²) in [5.74, 6) is -0.342. The second kappa shape index (κ2) is 4.45. The molecule has 3 nitrogen and oxygen atoms in total. The van der Waals surface area contributed by atoms with E-state index in [0.717, 1.165) is 6.42 Å². The summed E-state index contributed by atoms with van der Waals surface area (Å²) in [7, 11) is 0. The summed E-state index contributed by atoms with van der Waals surface area (Å²) < 4.78 is 5.26. The molecule has 0 aromatic carbocycles. The van der Waals surface area contributed by atoms with Gasteiger partial charge in [-0.3, -0.25) is 0 Å². The van der Waals surface area contributed by atoms with Crippen LogP contribution in [0.4, 0.5) is 0 Å². The van der Waals surface area contributed by atoms with E-state index in [4.69, 9.17) is 9.84 Å². The number of carboxylic acids is 1. The van der Waals surface area contributed by atoms with Gasteiger partial charge in [0.05, 0.1) is 6.10 Å². The fourth-order valence-electron chi connectivity index (χ4n) is 1.71. The van der Waals surface area contributed by atoms with Gasteiger partial charge < -0.3 is 9.84 Å². The van der Waals surface area contributed by atoms with Crippen LogP contribution in [0.15, 0.2) is 0 Å². The minimum absolute atomic E-state index is 0.144. The molecule has 1 N–H and O–H groups in total. The third-order valence-electron chi connectivity index (χ3n) is 2.45. The van der Waals surface area contributed by atoms with E-state index < -0.39 is 5.97 Å². The highest BCUT2D eigenvalue weighted by molar-refractivity contribution is 5.68. The molecule has 0 aromatic heterocycles. The van der Waals surface area contributed by atoms with E-state index in [9.17, 15) is 4.79 Å². The quantitative estimate of drug-likeness (QED) is 0.704. The lowest BCUT2D eigenvalue weighted by atomic mass is 9.88. The first-order chi connectivity index (χ1) is 5.70. The minimum atomic E-state index is -0.868. The van der Waals surface area contributed by atoms with Crippen molar-refractivity contribution in [3.8, 4) is 0 Å². The highest BCUT2D eigenvalue weighted by atomic mass is 16.5. The summed E-state index contributed by atoms with van der Waals surface area (Å²) in [6.45, 7) is 1.99. The van der Waals surface area contributed by atoms with Crippen LogP contribution in [0, 0.1) is 5.92 Å². The molecule has 1 aliphatic carbocycles. The predicted molar refractivity (Wildman–Crippen MR) is 45.0 cm³/mol. The normalized spacial score (nSPS) is 30.1. The van der Waals surface area contributed by atoms with Crippen molar-refractivity contribution >= 4 is 5.97 Å². The molecule has 0 spiro atoms. The van der Waals surface area contributed by atoms with Crippen LogP contribution in [0.3, 0.4) is 0 Å². The number of rotatable bonds is 3. The topological polar surface area (TPSA) is 46.5 Å². The van der Waals surface area contributed by atoms with E-state index in [1.807, 2.05) is 0 Å². The van der Waals surface area contributed by atoms with E-state index in [1.54, 1.807) is 0 Å². The van der Waals surface area contributed by atoms with Crippen molar-refractivity contribution in [2.45, 2.75) is 38.7 Å². The van der Waals surface area contributed by atoms with Gasteiger partial charge in [0.15, 0.2) is 0 Å². The molecule has 2 atom stereocenters. The van der Waals surface area contributed by atoms with Crippen LogP contribution >= 0.6 is 0 Å². The van der Waals surface area contributed by atoms with Crippen LogP contribution < -0.4 is 0 Å². The van der Waals surface area contributed by atoms with Crippen molar-refractivity contribution in [1.29, 1.82) is 0 Å². The second-order valence-corrected chi connectivity index (χ2v) is 3.50. The molecular weight excluding hydrogens is 156 g/mol. The maximum Gasteiger partial charge on any atom is 0.329 e. The van der Waals surface area contributed by atoms with Crippen molar-refractivity contribution < 1.29 is 14.6 Å². The van der Waals surface area contributed by atoms with Crippen LogP contribution in [-0.4, -0.2) is 23.8 Å². The van der Waals surface area contributed by atoms with Gasteiger partial charge in [-0.15, -0.1) is 0 Å². The van der Waals surface area contributed by atoms with Gasteiger partial charge in [-0.05, 0) is 18.8 Å². The standard InChI is InChI=1S/C9H16O3/c1-7-4-2-3-5-8(7)12-6-9(10)11/h7-8H,2-6H2,1H3,(H,10,11)/t7-,8+/m0/s1. The van der Waals surface area contributed by atoms with Crippen molar-refractivity contribution in [1.82, 2.24) is 0 Å². The van der Waals surface area contributed by atoms with Crippen molar-refractivity contribution in [2.75, 3.05) is 6.61 Å². The average molecular weight is 172 g/mol. The Hall–Kier alpha value is -0.570. The largest absolute Gasteiger partial charge is 0.480 e. The van der Waals surface area contributed by atoms with Gasteiger partial charge >= 0.3 is 5.97 Å². The molecule has 0 heterocycles. The fourth-order valence-corrected chi connectivity index (χ4v) is 1.71. The molecule has 0 aliphatic heterocycles. The average Bonchev–Trinajstić information content (AvgIpc) is 2.03. The van der Waals surface area contributed by atoms with Crippen molar-refractivity contribution in [3.05, 3.63) is 0 Å². The summed E-state index contributed by atoms with van der Waals surface area (Å²) in [4.78, 5) is 10.2. The van der Waals surface area contributed by atoms with Crippen molar-refractivity contribution in [2.24, 2.45) is 5.92 Å². The molecule has 0 unspecified atom stereocenters. The molecular formula is C9H16O3. The summed E-state index contributed by atoms with van der Waals surface area (Å²) in [5.41, 5.74) is 0. The van der Waals surface area contributed by atoms with Gasteiger partial charge in [-0.2, -0.15) is 0 Å². The monoisotopic (exact) mass is 172 g/mol. The zero-order chi connectivity index (χ0) is 8.97. The van der Waals surface area contributed by atoms with Crippen LogP contribution in [0.1, 0.15) is 32.6 Å². The van der Waals surface area contributed by atoms with E-state index >= 15 is 0 Å². The number of ether oxygens (including phenoxy) is 1. The lowest BCUT2D eigenvalue weighted by Gasteiger charge is -2.27. The molecule has 70 valence electrons. The Kier molecular flexibility index (Phi) is 3.53. The Morgan fingerprint density at radius 3 is 2.75 bits per heavy atom. The predicted octanol–water partition coefficient (Wildman–Crippen LogP) is 1.67. The summed E-state index contributed by atoms with van der Waals surface area (Å²) in [6.07, 6.45) is 4.80. The van der Waals surface area contributed by atoms with Gasteiger partial charge in [-0.25, -0.2) is 4.79 Å². The Bertz CT molecular complexity index is 156. The number of aliphatic carboxylic acids is 1. The SMILES string of the molecule is C[C@H]1CCCC[C@H]1OCC(=O)O. The Labute approximate surface area is 72.7 Å². The molecule has 1 fully saturated rings. The molecule has 1 rings (SSSR count). The Morgan fingerprint density at radius 2 is 2.17 bits per heavy atom. The maximum atomic E-state index is 10.2. The number of carbonyl (C=O) groups is 1. The highest BCUT2D eigenvalue weighted by Crippen LogP contribution is 2.25. The Balaban J connectivity index is 2.24. The third kappa shape index (κ3) is 2.81. The minimum Gasteiger partial charge on any atom is -0.480 e. The van der Waals surface area contributed by atoms with Crippen LogP contribution in [0.5, 0.6) is 0 Å². The molecule has 0 saturated heterocycles. The molecule has 12 heavy (non-hydrogen) atoms. The van der Waals surface area contributed by atoms with Crippen LogP contribution in [0.2, 0.25) is 0 Å². The lowest BCUT2D eigenvalue weighted by molar-refractivity contribution is -0.146. The van der Waals surface area contributed by atoms with E-state index in [1.165, 1.54) is 19.3 Å².